The molecule has 4 rings (SSSR count). The molecule has 8 nitrogen and oxygen atoms in total. The Kier molecular flexibility index (Phi) is 3.42. The zero-order valence-corrected chi connectivity index (χ0v) is 14.3. The summed E-state index contributed by atoms with van der Waals surface area (Å²) >= 11 is 0. The summed E-state index contributed by atoms with van der Waals surface area (Å²) in [5.74, 6) is -1.57. The van der Waals surface area contributed by atoms with Gasteiger partial charge in [0.25, 0.3) is 0 Å². The molecule has 134 valence electrons. The van der Waals surface area contributed by atoms with E-state index in [4.69, 9.17) is 0 Å². The van der Waals surface area contributed by atoms with E-state index in [0.717, 1.165) is 11.1 Å². The molecule has 0 spiro atoms. The topological polar surface area (TPSA) is 105 Å². The van der Waals surface area contributed by atoms with Crippen LogP contribution in [0, 0.1) is 5.82 Å². The summed E-state index contributed by atoms with van der Waals surface area (Å²) in [6.45, 7) is 0. The van der Waals surface area contributed by atoms with E-state index < -0.39 is 39.4 Å². The Morgan fingerprint density at radius 2 is 1.84 bits per heavy atom. The number of rotatable bonds is 3. The molecule has 2 saturated heterocycles. The van der Waals surface area contributed by atoms with Crippen molar-refractivity contribution in [2.24, 2.45) is 0 Å². The number of fused-ring (bicyclic) bond motifs is 3. The van der Waals surface area contributed by atoms with Crippen LogP contribution in [-0.2, 0) is 20.4 Å². The predicted molar refractivity (Wildman–Crippen MR) is 85.8 cm³/mol. The second-order valence-corrected chi connectivity index (χ2v) is 8.73. The minimum atomic E-state index is -3.41. The Morgan fingerprint density at radius 3 is 2.40 bits per heavy atom. The predicted octanol–water partition coefficient (Wildman–Crippen LogP) is 0.937. The molecule has 1 aromatic heterocycles. The Morgan fingerprint density at radius 1 is 1.24 bits per heavy atom. The second-order valence-electron chi connectivity index (χ2n) is 6.85. The van der Waals surface area contributed by atoms with Crippen molar-refractivity contribution in [3.8, 4) is 0 Å². The van der Waals surface area contributed by atoms with E-state index in [1.807, 2.05) is 0 Å². The first-order valence-corrected chi connectivity index (χ1v) is 9.80. The van der Waals surface area contributed by atoms with Crippen LogP contribution >= 0.6 is 0 Å². The Hall–Kier alpha value is -2.07. The SMILES string of the molecule is CS(=O)(=O)N1C2CCC1CC(C(=O)O)(n1nc3ccc(F)cc3n1)C2. The zero-order valence-electron chi connectivity index (χ0n) is 13.5. The highest BCUT2D eigenvalue weighted by molar-refractivity contribution is 7.88. The van der Waals surface area contributed by atoms with Crippen molar-refractivity contribution in [3.63, 3.8) is 0 Å². The lowest BCUT2D eigenvalue weighted by molar-refractivity contribution is -0.152. The first kappa shape index (κ1) is 16.4. The van der Waals surface area contributed by atoms with Crippen LogP contribution in [0.15, 0.2) is 18.2 Å². The van der Waals surface area contributed by atoms with Gasteiger partial charge in [-0.2, -0.15) is 19.3 Å². The summed E-state index contributed by atoms with van der Waals surface area (Å²) in [4.78, 5) is 13.3. The molecule has 1 aromatic carbocycles. The number of nitrogens with zero attached hydrogens (tertiary/aromatic N) is 4. The quantitative estimate of drug-likeness (QED) is 0.864. The molecule has 2 bridgehead atoms. The Labute approximate surface area is 143 Å². The summed E-state index contributed by atoms with van der Waals surface area (Å²) in [5.41, 5.74) is -0.749. The highest BCUT2D eigenvalue weighted by Gasteiger charge is 2.57. The van der Waals surface area contributed by atoms with Crippen LogP contribution in [-0.4, -0.2) is 57.1 Å². The first-order valence-electron chi connectivity index (χ1n) is 7.96. The molecule has 2 aromatic rings. The number of sulfonamides is 1. The third-order valence-electron chi connectivity index (χ3n) is 5.21. The van der Waals surface area contributed by atoms with Gasteiger partial charge >= 0.3 is 5.97 Å². The number of hydrogen-bond donors (Lipinski definition) is 1. The molecule has 2 unspecified atom stereocenters. The van der Waals surface area contributed by atoms with Crippen molar-refractivity contribution in [1.82, 2.24) is 19.3 Å². The number of aromatic nitrogens is 3. The minimum absolute atomic E-state index is 0.0926. The number of halogens is 1. The zero-order chi connectivity index (χ0) is 18.0. The largest absolute Gasteiger partial charge is 0.479 e. The molecule has 2 fully saturated rings. The number of hydrogen-bond acceptors (Lipinski definition) is 5. The third-order valence-corrected chi connectivity index (χ3v) is 6.57. The molecule has 2 aliphatic rings. The fourth-order valence-electron chi connectivity index (χ4n) is 4.23. The van der Waals surface area contributed by atoms with Crippen LogP contribution < -0.4 is 0 Å². The van der Waals surface area contributed by atoms with Gasteiger partial charge in [0.2, 0.25) is 10.0 Å². The molecule has 0 saturated carbocycles. The minimum Gasteiger partial charge on any atom is -0.479 e. The molecule has 2 aliphatic heterocycles. The van der Waals surface area contributed by atoms with Crippen molar-refractivity contribution in [2.45, 2.75) is 43.3 Å². The van der Waals surface area contributed by atoms with E-state index in [0.29, 0.717) is 18.4 Å². The van der Waals surface area contributed by atoms with E-state index >= 15 is 0 Å². The van der Waals surface area contributed by atoms with E-state index in [1.165, 1.54) is 22.5 Å². The lowest BCUT2D eigenvalue weighted by Crippen LogP contribution is -2.57. The maximum absolute atomic E-state index is 13.4. The monoisotopic (exact) mass is 368 g/mol. The van der Waals surface area contributed by atoms with Gasteiger partial charge in [-0.1, -0.05) is 0 Å². The summed E-state index contributed by atoms with van der Waals surface area (Å²) in [6, 6.07) is 3.11. The second kappa shape index (κ2) is 5.21. The van der Waals surface area contributed by atoms with Crippen LogP contribution in [0.2, 0.25) is 0 Å². The van der Waals surface area contributed by atoms with E-state index in [-0.39, 0.29) is 18.4 Å². The summed E-state index contributed by atoms with van der Waals surface area (Å²) in [7, 11) is -3.41. The van der Waals surface area contributed by atoms with E-state index in [1.54, 1.807) is 0 Å². The summed E-state index contributed by atoms with van der Waals surface area (Å²) < 4.78 is 38.9. The number of carboxylic acids is 1. The van der Waals surface area contributed by atoms with Crippen LogP contribution in [0.5, 0.6) is 0 Å². The number of carbonyl (C=O) groups is 1. The van der Waals surface area contributed by atoms with Gasteiger partial charge in [-0.25, -0.2) is 17.6 Å². The van der Waals surface area contributed by atoms with Crippen molar-refractivity contribution < 1.29 is 22.7 Å². The molecule has 1 N–H and O–H groups in total. The van der Waals surface area contributed by atoms with Gasteiger partial charge < -0.3 is 5.11 Å². The molecular weight excluding hydrogens is 351 g/mol. The van der Waals surface area contributed by atoms with Crippen LogP contribution in [0.25, 0.3) is 11.0 Å². The van der Waals surface area contributed by atoms with Crippen molar-refractivity contribution in [3.05, 3.63) is 24.0 Å². The molecule has 10 heteroatoms. The van der Waals surface area contributed by atoms with Gasteiger partial charge in [-0.15, -0.1) is 0 Å². The van der Waals surface area contributed by atoms with Crippen LogP contribution in [0.4, 0.5) is 4.39 Å². The molecule has 0 aliphatic carbocycles. The summed E-state index contributed by atoms with van der Waals surface area (Å²) in [6.07, 6.45) is 2.56. The average Bonchev–Trinajstić information content (AvgIpc) is 3.05. The third kappa shape index (κ3) is 2.43. The van der Waals surface area contributed by atoms with Gasteiger partial charge in [0, 0.05) is 31.0 Å². The van der Waals surface area contributed by atoms with E-state index in [9.17, 15) is 22.7 Å². The number of aliphatic carboxylic acids is 1. The normalized spacial score (nSPS) is 30.0. The maximum Gasteiger partial charge on any atom is 0.333 e. The van der Waals surface area contributed by atoms with Gasteiger partial charge in [0.15, 0.2) is 5.54 Å². The summed E-state index contributed by atoms with van der Waals surface area (Å²) in [5, 5.41) is 18.4. The number of benzene rings is 1. The standard InChI is InChI=1S/C15H17FN4O4S/c1-25(23,24)19-10-3-4-11(19)8-15(7-10,14(21)22)20-17-12-5-2-9(16)6-13(12)18-20/h2,5-6,10-11H,3-4,7-8H2,1H3,(H,21,22). The van der Waals surface area contributed by atoms with Crippen LogP contribution in [0.1, 0.15) is 25.7 Å². The fourth-order valence-corrected chi connectivity index (χ4v) is 5.67. The molecule has 0 amide bonds. The van der Waals surface area contributed by atoms with Gasteiger partial charge in [-0.05, 0) is 25.0 Å². The molecule has 25 heavy (non-hydrogen) atoms. The smallest absolute Gasteiger partial charge is 0.333 e. The van der Waals surface area contributed by atoms with Crippen molar-refractivity contribution in [1.29, 1.82) is 0 Å². The lowest BCUT2D eigenvalue weighted by Gasteiger charge is -2.42. The highest BCUT2D eigenvalue weighted by atomic mass is 32.2. The maximum atomic E-state index is 13.4. The molecule has 2 atom stereocenters. The average molecular weight is 368 g/mol. The van der Waals surface area contributed by atoms with Crippen LogP contribution in [0.3, 0.4) is 0 Å². The highest BCUT2D eigenvalue weighted by Crippen LogP contribution is 2.45. The molecule has 3 heterocycles. The van der Waals surface area contributed by atoms with Gasteiger partial charge in [0.05, 0.1) is 6.26 Å². The van der Waals surface area contributed by atoms with Gasteiger partial charge in [0.1, 0.15) is 16.9 Å². The molecular formula is C15H17FN4O4S. The van der Waals surface area contributed by atoms with Crippen molar-refractivity contribution in [2.75, 3.05) is 6.26 Å². The Balaban J connectivity index is 1.81. The number of carboxylic acid groups (broad SMARTS) is 1. The molecule has 0 radical (unpaired) electrons. The fraction of sp³-hybridized carbons (Fsp3) is 0.533. The van der Waals surface area contributed by atoms with E-state index in [2.05, 4.69) is 10.2 Å². The van der Waals surface area contributed by atoms with Crippen molar-refractivity contribution >= 4 is 27.0 Å². The number of piperidine rings is 1. The first-order chi connectivity index (χ1) is 11.7. The lowest BCUT2D eigenvalue weighted by atomic mass is 9.84. The van der Waals surface area contributed by atoms with Gasteiger partial charge in [-0.3, -0.25) is 0 Å². The Bertz CT molecular complexity index is 959.